The van der Waals surface area contributed by atoms with E-state index in [0.29, 0.717) is 5.57 Å². The van der Waals surface area contributed by atoms with Crippen molar-refractivity contribution in [2.75, 3.05) is 26.0 Å². The van der Waals surface area contributed by atoms with Crippen molar-refractivity contribution in [3.8, 4) is 0 Å². The number of hydrogen-bond acceptors (Lipinski definition) is 3. The van der Waals surface area contributed by atoms with Crippen LogP contribution in [-0.4, -0.2) is 37.8 Å². The molecular formula is C17H25N3O. The van der Waals surface area contributed by atoms with Gasteiger partial charge in [-0.1, -0.05) is 26.0 Å². The fraction of sp³-hybridized carbons (Fsp3) is 0.412. The summed E-state index contributed by atoms with van der Waals surface area (Å²) in [4.78, 5) is 14.1. The zero-order valence-corrected chi connectivity index (χ0v) is 14.1. The summed E-state index contributed by atoms with van der Waals surface area (Å²) in [6.07, 6.45) is 0. The number of nitrogens with zero attached hydrogens (tertiary/aromatic N) is 3. The molecule has 0 N–H and O–H groups in total. The number of carbonyl (C=O) groups excluding carboxylic acids is 1. The topological polar surface area (TPSA) is 35.9 Å². The van der Waals surface area contributed by atoms with Crippen molar-refractivity contribution in [2.24, 2.45) is 5.10 Å². The lowest BCUT2D eigenvalue weighted by Crippen LogP contribution is -2.17. The van der Waals surface area contributed by atoms with Gasteiger partial charge in [-0.3, -0.25) is 4.79 Å². The van der Waals surface area contributed by atoms with Gasteiger partial charge in [-0.2, -0.15) is 5.10 Å². The Morgan fingerprint density at radius 3 is 2.05 bits per heavy atom. The van der Waals surface area contributed by atoms with Gasteiger partial charge in [0.2, 0.25) is 0 Å². The van der Waals surface area contributed by atoms with Crippen molar-refractivity contribution in [1.29, 1.82) is 0 Å². The highest BCUT2D eigenvalue weighted by atomic mass is 16.2. The Kier molecular flexibility index (Phi) is 5.70. The average molecular weight is 287 g/mol. The zero-order chi connectivity index (χ0) is 16.2. The number of rotatable bonds is 2. The highest BCUT2D eigenvalue weighted by molar-refractivity contribution is 6.28. The summed E-state index contributed by atoms with van der Waals surface area (Å²) in [6.45, 7) is 7.84. The van der Waals surface area contributed by atoms with E-state index in [2.05, 4.69) is 17.2 Å². The van der Waals surface area contributed by atoms with Gasteiger partial charge in [0.25, 0.3) is 5.91 Å². The maximum atomic E-state index is 12.1. The Morgan fingerprint density at radius 2 is 1.67 bits per heavy atom. The van der Waals surface area contributed by atoms with Crippen molar-refractivity contribution in [1.82, 2.24) is 5.01 Å². The van der Waals surface area contributed by atoms with E-state index in [-0.39, 0.29) is 5.91 Å². The summed E-state index contributed by atoms with van der Waals surface area (Å²) < 4.78 is 0. The maximum Gasteiger partial charge on any atom is 0.275 e. The van der Waals surface area contributed by atoms with Gasteiger partial charge < -0.3 is 4.90 Å². The van der Waals surface area contributed by atoms with Crippen LogP contribution in [0.25, 0.3) is 5.57 Å². The lowest BCUT2D eigenvalue weighted by Gasteiger charge is -2.13. The minimum absolute atomic E-state index is 0.0355. The molecule has 0 radical (unpaired) electrons. The van der Waals surface area contributed by atoms with E-state index in [1.165, 1.54) is 5.01 Å². The highest BCUT2D eigenvalue weighted by Gasteiger charge is 2.26. The van der Waals surface area contributed by atoms with Crippen LogP contribution in [0.3, 0.4) is 0 Å². The van der Waals surface area contributed by atoms with Crippen LogP contribution in [0.2, 0.25) is 0 Å². The van der Waals surface area contributed by atoms with Gasteiger partial charge in [-0.15, -0.1) is 0 Å². The molecule has 2 rings (SSSR count). The monoisotopic (exact) mass is 287 g/mol. The van der Waals surface area contributed by atoms with Crippen molar-refractivity contribution in [3.63, 3.8) is 0 Å². The maximum absolute atomic E-state index is 12.1. The number of likely N-dealkylation sites (N-methyl/N-ethyl adjacent to an activating group) is 1. The van der Waals surface area contributed by atoms with Gasteiger partial charge in [-0.25, -0.2) is 5.01 Å². The summed E-state index contributed by atoms with van der Waals surface area (Å²) in [5.74, 6) is -0.0355. The van der Waals surface area contributed by atoms with Crippen LogP contribution in [-0.2, 0) is 4.79 Å². The Balaban J connectivity index is 0.00000106. The predicted molar refractivity (Wildman–Crippen MR) is 90.6 cm³/mol. The Labute approximate surface area is 127 Å². The summed E-state index contributed by atoms with van der Waals surface area (Å²) in [5.41, 5.74) is 4.66. The van der Waals surface area contributed by atoms with Crippen LogP contribution in [0.4, 0.5) is 5.69 Å². The van der Waals surface area contributed by atoms with Crippen LogP contribution >= 0.6 is 0 Å². The van der Waals surface area contributed by atoms with Crippen molar-refractivity contribution in [3.05, 3.63) is 35.4 Å². The van der Waals surface area contributed by atoms with Crippen molar-refractivity contribution < 1.29 is 4.79 Å². The molecule has 0 spiro atoms. The van der Waals surface area contributed by atoms with Gasteiger partial charge in [0.05, 0.1) is 11.3 Å². The first-order valence-corrected chi connectivity index (χ1v) is 7.24. The molecule has 0 saturated heterocycles. The van der Waals surface area contributed by atoms with Crippen molar-refractivity contribution >= 4 is 22.9 Å². The number of carbonyl (C=O) groups is 1. The Hall–Kier alpha value is -2.10. The number of hydrogen-bond donors (Lipinski definition) is 0. The Morgan fingerprint density at radius 1 is 1.14 bits per heavy atom. The van der Waals surface area contributed by atoms with E-state index in [4.69, 9.17) is 0 Å². The van der Waals surface area contributed by atoms with Gasteiger partial charge in [0.1, 0.15) is 0 Å². The molecular weight excluding hydrogens is 262 g/mol. The SMILES string of the molecule is CC.CC1=NN(C)C(=O)C1=C(C)c1ccc(N(C)C)cc1. The predicted octanol–water partition coefficient (Wildman–Crippen LogP) is 3.40. The smallest absolute Gasteiger partial charge is 0.275 e. The van der Waals surface area contributed by atoms with Crippen LogP contribution < -0.4 is 4.90 Å². The fourth-order valence-electron chi connectivity index (χ4n) is 2.22. The van der Waals surface area contributed by atoms with Gasteiger partial charge in [0, 0.05) is 26.8 Å². The van der Waals surface area contributed by atoms with Gasteiger partial charge in [-0.05, 0) is 37.1 Å². The van der Waals surface area contributed by atoms with E-state index in [9.17, 15) is 4.79 Å². The molecule has 4 nitrogen and oxygen atoms in total. The molecule has 0 bridgehead atoms. The third-order valence-corrected chi connectivity index (χ3v) is 3.36. The molecule has 1 aromatic carbocycles. The van der Waals surface area contributed by atoms with Crippen LogP contribution in [0.1, 0.15) is 33.3 Å². The lowest BCUT2D eigenvalue weighted by atomic mass is 9.98. The quantitative estimate of drug-likeness (QED) is 0.782. The molecule has 0 aromatic heterocycles. The molecule has 114 valence electrons. The molecule has 21 heavy (non-hydrogen) atoms. The Bertz CT molecular complexity index is 568. The molecule has 0 aliphatic carbocycles. The summed E-state index contributed by atoms with van der Waals surface area (Å²) >= 11 is 0. The van der Waals surface area contributed by atoms with E-state index >= 15 is 0 Å². The molecule has 1 aliphatic rings. The molecule has 1 amide bonds. The van der Waals surface area contributed by atoms with E-state index < -0.39 is 0 Å². The average Bonchev–Trinajstić information content (AvgIpc) is 2.73. The standard InChI is InChI=1S/C15H19N3O.C2H6/c1-10(14-11(2)16-18(5)15(14)19)12-6-8-13(9-7-12)17(3)4;1-2/h6-9H,1-5H3;1-2H3. The minimum Gasteiger partial charge on any atom is -0.378 e. The molecule has 1 heterocycles. The molecule has 0 unspecified atom stereocenters. The third kappa shape index (κ3) is 3.51. The number of allylic oxidation sites excluding steroid dienone is 1. The first-order chi connectivity index (χ1) is 9.91. The lowest BCUT2D eigenvalue weighted by molar-refractivity contribution is -0.124. The van der Waals surface area contributed by atoms with E-state index in [1.54, 1.807) is 7.05 Å². The van der Waals surface area contributed by atoms with E-state index in [1.807, 2.05) is 58.8 Å². The third-order valence-electron chi connectivity index (χ3n) is 3.36. The van der Waals surface area contributed by atoms with Gasteiger partial charge >= 0.3 is 0 Å². The largest absolute Gasteiger partial charge is 0.378 e. The second kappa shape index (κ2) is 7.07. The van der Waals surface area contributed by atoms with Gasteiger partial charge in [0.15, 0.2) is 0 Å². The molecule has 1 aromatic rings. The summed E-state index contributed by atoms with van der Waals surface area (Å²) in [5, 5.41) is 5.57. The molecule has 4 heteroatoms. The molecule has 0 saturated carbocycles. The normalized spacial score (nSPS) is 16.2. The van der Waals surface area contributed by atoms with Crippen LogP contribution in [0.5, 0.6) is 0 Å². The second-order valence-electron chi connectivity index (χ2n) is 4.96. The molecule has 0 fully saturated rings. The highest BCUT2D eigenvalue weighted by Crippen LogP contribution is 2.25. The first kappa shape index (κ1) is 17.0. The zero-order valence-electron chi connectivity index (χ0n) is 14.1. The molecule has 1 aliphatic heterocycles. The number of amides is 1. The van der Waals surface area contributed by atoms with E-state index in [0.717, 1.165) is 22.5 Å². The minimum atomic E-state index is -0.0355. The number of hydrazone groups is 1. The number of anilines is 1. The molecule has 0 atom stereocenters. The fourth-order valence-corrected chi connectivity index (χ4v) is 2.22. The summed E-state index contributed by atoms with van der Waals surface area (Å²) in [7, 11) is 5.69. The van der Waals surface area contributed by atoms with Crippen LogP contribution in [0.15, 0.2) is 34.9 Å². The summed E-state index contributed by atoms with van der Waals surface area (Å²) in [6, 6.07) is 8.18. The second-order valence-corrected chi connectivity index (χ2v) is 4.96. The first-order valence-electron chi connectivity index (χ1n) is 7.24. The number of benzene rings is 1. The van der Waals surface area contributed by atoms with Crippen molar-refractivity contribution in [2.45, 2.75) is 27.7 Å². The van der Waals surface area contributed by atoms with Crippen LogP contribution in [0, 0.1) is 0 Å².